The molecule has 0 spiro atoms. The Labute approximate surface area is 136 Å². The first kappa shape index (κ1) is 17.0. The van der Waals surface area contributed by atoms with Gasteiger partial charge >= 0.3 is 0 Å². The molecule has 2 N–H and O–H groups in total. The van der Waals surface area contributed by atoms with Crippen LogP contribution in [-0.2, 0) is 18.4 Å². The highest BCUT2D eigenvalue weighted by Crippen LogP contribution is 2.20. The summed E-state index contributed by atoms with van der Waals surface area (Å²) in [7, 11) is 3.59. The van der Waals surface area contributed by atoms with Crippen molar-refractivity contribution in [2.45, 2.75) is 26.4 Å². The number of ether oxygens (including phenoxy) is 1. The van der Waals surface area contributed by atoms with Gasteiger partial charge in [0.2, 0.25) is 5.91 Å². The Balaban J connectivity index is 2.06. The van der Waals surface area contributed by atoms with Gasteiger partial charge in [-0.3, -0.25) is 9.48 Å². The van der Waals surface area contributed by atoms with Gasteiger partial charge in [-0.1, -0.05) is 12.1 Å². The summed E-state index contributed by atoms with van der Waals surface area (Å²) < 4.78 is 7.33. The highest BCUT2D eigenvalue weighted by molar-refractivity contribution is 5.83. The van der Waals surface area contributed by atoms with Crippen molar-refractivity contribution in [3.05, 3.63) is 47.3 Å². The van der Waals surface area contributed by atoms with Crippen molar-refractivity contribution in [1.82, 2.24) is 20.4 Å². The smallest absolute Gasteiger partial charge is 0.242 e. The van der Waals surface area contributed by atoms with Gasteiger partial charge in [0.25, 0.3) is 0 Å². The van der Waals surface area contributed by atoms with Gasteiger partial charge in [0.1, 0.15) is 11.8 Å². The van der Waals surface area contributed by atoms with Gasteiger partial charge in [0.05, 0.1) is 12.8 Å². The van der Waals surface area contributed by atoms with E-state index in [0.29, 0.717) is 13.2 Å². The van der Waals surface area contributed by atoms with E-state index < -0.39 is 6.04 Å². The Morgan fingerprint density at radius 1 is 1.43 bits per heavy atom. The summed E-state index contributed by atoms with van der Waals surface area (Å²) in [6.45, 7) is 4.99. The zero-order valence-electron chi connectivity index (χ0n) is 14.1. The highest BCUT2D eigenvalue weighted by Gasteiger charge is 2.20. The quantitative estimate of drug-likeness (QED) is 0.816. The molecule has 124 valence electrons. The summed E-state index contributed by atoms with van der Waals surface area (Å²) in [5.41, 5.74) is 2.93. The molecule has 1 unspecified atom stereocenters. The Morgan fingerprint density at radius 2 is 2.22 bits per heavy atom. The van der Waals surface area contributed by atoms with Crippen molar-refractivity contribution >= 4 is 5.91 Å². The number of nitrogens with one attached hydrogen (secondary N) is 2. The molecule has 6 heteroatoms. The lowest BCUT2D eigenvalue weighted by molar-refractivity contribution is -0.123. The normalized spacial score (nSPS) is 12.0. The minimum atomic E-state index is -0.426. The van der Waals surface area contributed by atoms with Gasteiger partial charge in [-0.15, -0.1) is 0 Å². The number of benzene rings is 1. The topological polar surface area (TPSA) is 68.2 Å². The lowest BCUT2D eigenvalue weighted by Crippen LogP contribution is -2.35. The lowest BCUT2D eigenvalue weighted by atomic mass is 10.1. The maximum absolute atomic E-state index is 12.4. The van der Waals surface area contributed by atoms with Crippen LogP contribution in [0.25, 0.3) is 0 Å². The third-order valence-electron chi connectivity index (χ3n) is 3.58. The first-order chi connectivity index (χ1) is 11.0. The van der Waals surface area contributed by atoms with Crippen molar-refractivity contribution in [3.63, 3.8) is 0 Å². The van der Waals surface area contributed by atoms with E-state index in [1.54, 1.807) is 17.9 Å². The van der Waals surface area contributed by atoms with Gasteiger partial charge in [-0.25, -0.2) is 0 Å². The number of hydrogen-bond acceptors (Lipinski definition) is 4. The minimum absolute atomic E-state index is 0.0940. The molecule has 0 aliphatic carbocycles. The number of rotatable bonds is 7. The molecular formula is C17H24N4O2. The third kappa shape index (κ3) is 4.32. The lowest BCUT2D eigenvalue weighted by Gasteiger charge is -2.16. The fraction of sp³-hybridized carbons (Fsp3) is 0.412. The van der Waals surface area contributed by atoms with Gasteiger partial charge in [0, 0.05) is 30.9 Å². The van der Waals surface area contributed by atoms with Crippen molar-refractivity contribution < 1.29 is 9.53 Å². The second kappa shape index (κ2) is 7.78. The number of hydrogen-bond donors (Lipinski definition) is 2. The summed E-state index contributed by atoms with van der Waals surface area (Å²) in [4.78, 5) is 12.4. The Morgan fingerprint density at radius 3 is 2.83 bits per heavy atom. The zero-order valence-corrected chi connectivity index (χ0v) is 14.1. The molecule has 0 fully saturated rings. The Bertz CT molecular complexity index is 666. The van der Waals surface area contributed by atoms with Crippen LogP contribution in [0.2, 0.25) is 0 Å². The molecule has 23 heavy (non-hydrogen) atoms. The molecule has 1 aromatic heterocycles. The number of carbonyl (C=O) groups excluding carboxylic acids is 1. The van der Waals surface area contributed by atoms with E-state index in [4.69, 9.17) is 4.74 Å². The van der Waals surface area contributed by atoms with E-state index in [0.717, 1.165) is 22.4 Å². The van der Waals surface area contributed by atoms with E-state index in [2.05, 4.69) is 15.7 Å². The van der Waals surface area contributed by atoms with Crippen molar-refractivity contribution in [2.75, 3.05) is 13.7 Å². The van der Waals surface area contributed by atoms with Gasteiger partial charge in [0.15, 0.2) is 0 Å². The maximum Gasteiger partial charge on any atom is 0.242 e. The minimum Gasteiger partial charge on any atom is -0.494 e. The van der Waals surface area contributed by atoms with Crippen LogP contribution in [0, 0.1) is 6.92 Å². The molecule has 2 rings (SSSR count). The average Bonchev–Trinajstić information content (AvgIpc) is 2.94. The second-order valence-corrected chi connectivity index (χ2v) is 5.43. The standard InChI is InChI=1S/C17H24N4O2/c1-5-23-15-8-12(2)6-7-13(15)9-19-17(22)16(18-3)14-10-20-21(4)11-14/h6-8,10-11,16,18H,5,9H2,1-4H3,(H,19,22). The van der Waals surface area contributed by atoms with Crippen LogP contribution in [-0.4, -0.2) is 29.3 Å². The van der Waals surface area contributed by atoms with Crippen molar-refractivity contribution in [2.24, 2.45) is 7.05 Å². The molecule has 0 saturated heterocycles. The van der Waals surface area contributed by atoms with Crippen LogP contribution in [0.5, 0.6) is 5.75 Å². The molecule has 1 amide bonds. The van der Waals surface area contributed by atoms with E-state index in [1.807, 2.05) is 45.3 Å². The number of amides is 1. The molecule has 0 radical (unpaired) electrons. The van der Waals surface area contributed by atoms with Gasteiger partial charge in [-0.2, -0.15) is 5.10 Å². The largest absolute Gasteiger partial charge is 0.494 e. The predicted molar refractivity (Wildman–Crippen MR) is 89.2 cm³/mol. The zero-order chi connectivity index (χ0) is 16.8. The summed E-state index contributed by atoms with van der Waals surface area (Å²) in [5.74, 6) is 0.721. The molecule has 2 aromatic rings. The third-order valence-corrected chi connectivity index (χ3v) is 3.58. The van der Waals surface area contributed by atoms with Crippen LogP contribution in [0.4, 0.5) is 0 Å². The van der Waals surface area contributed by atoms with E-state index in [-0.39, 0.29) is 5.91 Å². The molecule has 6 nitrogen and oxygen atoms in total. The number of aromatic nitrogens is 2. The van der Waals surface area contributed by atoms with Crippen LogP contribution in [0.15, 0.2) is 30.6 Å². The first-order valence-electron chi connectivity index (χ1n) is 7.71. The monoisotopic (exact) mass is 316 g/mol. The van der Waals surface area contributed by atoms with Gasteiger partial charge in [-0.05, 0) is 32.5 Å². The van der Waals surface area contributed by atoms with E-state index in [1.165, 1.54) is 0 Å². The summed E-state index contributed by atoms with van der Waals surface area (Å²) in [6, 6.07) is 5.56. The molecular weight excluding hydrogens is 292 g/mol. The SMILES string of the molecule is CCOc1cc(C)ccc1CNC(=O)C(NC)c1cnn(C)c1. The number of nitrogens with zero attached hydrogens (tertiary/aromatic N) is 2. The number of aryl methyl sites for hydroxylation is 2. The first-order valence-corrected chi connectivity index (χ1v) is 7.71. The van der Waals surface area contributed by atoms with Crippen molar-refractivity contribution in [1.29, 1.82) is 0 Å². The van der Waals surface area contributed by atoms with E-state index >= 15 is 0 Å². The molecule has 0 aliphatic heterocycles. The second-order valence-electron chi connectivity index (χ2n) is 5.43. The Kier molecular flexibility index (Phi) is 5.76. The predicted octanol–water partition coefficient (Wildman–Crippen LogP) is 1.70. The fourth-order valence-electron chi connectivity index (χ4n) is 2.42. The maximum atomic E-state index is 12.4. The summed E-state index contributed by atoms with van der Waals surface area (Å²) in [6.07, 6.45) is 3.52. The van der Waals surface area contributed by atoms with E-state index in [9.17, 15) is 4.79 Å². The van der Waals surface area contributed by atoms with Crippen LogP contribution in [0.1, 0.15) is 29.7 Å². The van der Waals surface area contributed by atoms with Crippen molar-refractivity contribution in [3.8, 4) is 5.75 Å². The number of likely N-dealkylation sites (N-methyl/N-ethyl adjacent to an activating group) is 1. The summed E-state index contributed by atoms with van der Waals surface area (Å²) >= 11 is 0. The molecule has 1 aromatic carbocycles. The molecule has 1 heterocycles. The number of carbonyl (C=O) groups is 1. The van der Waals surface area contributed by atoms with Gasteiger partial charge < -0.3 is 15.4 Å². The molecule has 0 saturated carbocycles. The van der Waals surface area contributed by atoms with Crippen LogP contribution in [0.3, 0.4) is 0 Å². The molecule has 1 atom stereocenters. The average molecular weight is 316 g/mol. The molecule has 0 aliphatic rings. The molecule has 0 bridgehead atoms. The fourth-order valence-corrected chi connectivity index (χ4v) is 2.42. The summed E-state index contributed by atoms with van der Waals surface area (Å²) in [5, 5.41) is 10.1. The van der Waals surface area contributed by atoms with Crippen LogP contribution < -0.4 is 15.4 Å². The highest BCUT2D eigenvalue weighted by atomic mass is 16.5. The van der Waals surface area contributed by atoms with Crippen LogP contribution >= 0.6 is 0 Å². The Hall–Kier alpha value is -2.34.